The maximum absolute atomic E-state index is 11.5. The number of rotatable bonds is 2. The molecular formula is C9H8INO6. The Morgan fingerprint density at radius 3 is 2.29 bits per heavy atom. The molecule has 92 valence electrons. The van der Waals surface area contributed by atoms with Crippen molar-refractivity contribution in [3.63, 3.8) is 0 Å². The molecule has 0 heterocycles. The van der Waals surface area contributed by atoms with Crippen LogP contribution in [0, 0.1) is 3.57 Å². The number of amides is 2. The summed E-state index contributed by atoms with van der Waals surface area (Å²) in [7, 11) is 0. The van der Waals surface area contributed by atoms with Crippen molar-refractivity contribution in [1.29, 1.82) is 0 Å². The van der Waals surface area contributed by atoms with Crippen molar-refractivity contribution in [2.75, 3.05) is 0 Å². The second-order valence-electron chi connectivity index (χ2n) is 3.05. The van der Waals surface area contributed by atoms with Crippen LogP contribution < -0.4 is 5.32 Å². The molecule has 7 nitrogen and oxygen atoms in total. The number of nitrogens with one attached hydrogen (secondary N) is 1. The molecule has 0 aliphatic carbocycles. The standard InChI is InChI=1S/C9H8INO6/c1-4(12)11-9(15)6-2-5(13)3-7(14)8(6)10(16)17/h2-3,13-14H,1H3,(H,11,12,15). The van der Waals surface area contributed by atoms with E-state index >= 15 is 0 Å². The van der Waals surface area contributed by atoms with Crippen molar-refractivity contribution in [3.05, 3.63) is 21.3 Å². The number of halogens is 1. The average Bonchev–Trinajstić information content (AvgIpc) is 2.14. The van der Waals surface area contributed by atoms with Gasteiger partial charge in [0.15, 0.2) is 0 Å². The highest BCUT2D eigenvalue weighted by Gasteiger charge is 2.21. The largest absolute Gasteiger partial charge is 0.508 e. The fourth-order valence-electron chi connectivity index (χ4n) is 1.15. The third-order valence-corrected chi connectivity index (χ3v) is 3.74. The number of hydrogen-bond donors (Lipinski definition) is 3. The molecule has 3 N–H and O–H groups in total. The third-order valence-electron chi connectivity index (χ3n) is 1.73. The maximum Gasteiger partial charge on any atom is 0.345 e. The van der Waals surface area contributed by atoms with Crippen LogP contribution in [0.3, 0.4) is 0 Å². The minimum absolute atomic E-state index is 0.451. The predicted octanol–water partition coefficient (Wildman–Crippen LogP) is 0.741. The molecule has 0 unspecified atom stereocenters. The van der Waals surface area contributed by atoms with Crippen LogP contribution in [0.5, 0.6) is 11.5 Å². The monoisotopic (exact) mass is 353 g/mol. The summed E-state index contributed by atoms with van der Waals surface area (Å²) in [4.78, 5) is 22.2. The van der Waals surface area contributed by atoms with E-state index in [1.54, 1.807) is 0 Å². The summed E-state index contributed by atoms with van der Waals surface area (Å²) >= 11 is -4.14. The molecule has 1 aromatic rings. The summed E-state index contributed by atoms with van der Waals surface area (Å²) in [5, 5.41) is 20.4. The number of carbonyl (C=O) groups is 2. The number of imide groups is 1. The van der Waals surface area contributed by atoms with Crippen LogP contribution in [-0.4, -0.2) is 22.0 Å². The molecule has 0 aliphatic heterocycles. The van der Waals surface area contributed by atoms with Gasteiger partial charge in [-0.1, -0.05) is 0 Å². The van der Waals surface area contributed by atoms with Crippen molar-refractivity contribution >= 4 is 31.6 Å². The lowest BCUT2D eigenvalue weighted by atomic mass is 10.2. The fraction of sp³-hybridized carbons (Fsp3) is 0.111. The molecule has 0 radical (unpaired) electrons. The molecule has 0 aliphatic rings. The van der Waals surface area contributed by atoms with Crippen LogP contribution in [0.25, 0.3) is 0 Å². The lowest BCUT2D eigenvalue weighted by Crippen LogP contribution is -2.28. The third kappa shape index (κ3) is 3.12. The van der Waals surface area contributed by atoms with Crippen molar-refractivity contribution in [1.82, 2.24) is 5.32 Å². The Bertz CT molecular complexity index is 555. The summed E-state index contributed by atoms with van der Waals surface area (Å²) in [5.74, 6) is -2.86. The zero-order valence-corrected chi connectivity index (χ0v) is 10.7. The van der Waals surface area contributed by atoms with E-state index in [-0.39, 0.29) is 0 Å². The van der Waals surface area contributed by atoms with E-state index in [1.807, 2.05) is 5.32 Å². The molecule has 0 bridgehead atoms. The van der Waals surface area contributed by atoms with Crippen molar-refractivity contribution in [3.8, 4) is 11.5 Å². The van der Waals surface area contributed by atoms with E-state index in [9.17, 15) is 25.9 Å². The first-order valence-corrected chi connectivity index (χ1v) is 7.10. The van der Waals surface area contributed by atoms with Crippen LogP contribution in [0.2, 0.25) is 0 Å². The summed E-state index contributed by atoms with van der Waals surface area (Å²) in [6.45, 7) is 1.07. The highest BCUT2D eigenvalue weighted by molar-refractivity contribution is 14.2. The second kappa shape index (κ2) is 5.08. The zero-order chi connectivity index (χ0) is 13.2. The molecule has 0 atom stereocenters. The van der Waals surface area contributed by atoms with E-state index in [1.165, 1.54) is 0 Å². The quantitative estimate of drug-likeness (QED) is 0.675. The van der Waals surface area contributed by atoms with Gasteiger partial charge in [-0.25, -0.2) is 6.14 Å². The number of hydrogen-bond acceptors (Lipinski definition) is 6. The molecule has 1 rings (SSSR count). The zero-order valence-electron chi connectivity index (χ0n) is 8.56. The van der Waals surface area contributed by atoms with Crippen molar-refractivity contribution < 1.29 is 25.9 Å². The van der Waals surface area contributed by atoms with Crippen molar-refractivity contribution in [2.45, 2.75) is 6.92 Å². The SMILES string of the molecule is CC(=O)NC(=O)c1cc(O)cc(O)c1I(=O)=O. The number of phenolic OH excluding ortho intramolecular Hbond substituents is 2. The minimum Gasteiger partial charge on any atom is -0.508 e. The molecule has 0 saturated heterocycles. The second-order valence-corrected chi connectivity index (χ2v) is 5.37. The molecule has 0 saturated carbocycles. The normalized spacial score (nSPS) is 10.2. The summed E-state index contributed by atoms with van der Waals surface area (Å²) in [6, 6.07) is 1.67. The Hall–Kier alpha value is -1.71. The van der Waals surface area contributed by atoms with Crippen molar-refractivity contribution in [2.24, 2.45) is 0 Å². The molecule has 0 fully saturated rings. The van der Waals surface area contributed by atoms with Gasteiger partial charge in [0.2, 0.25) is 5.91 Å². The minimum atomic E-state index is -4.14. The van der Waals surface area contributed by atoms with Crippen LogP contribution in [0.15, 0.2) is 12.1 Å². The first-order valence-electron chi connectivity index (χ1n) is 4.26. The van der Waals surface area contributed by atoms with Gasteiger partial charge < -0.3 is 10.2 Å². The van der Waals surface area contributed by atoms with E-state index in [0.29, 0.717) is 0 Å². The number of phenols is 2. The van der Waals surface area contributed by atoms with Crippen LogP contribution in [-0.2, 0) is 10.9 Å². The first kappa shape index (κ1) is 13.4. The van der Waals surface area contributed by atoms with Gasteiger partial charge >= 0.3 is 19.8 Å². The van der Waals surface area contributed by atoms with E-state index < -0.39 is 52.2 Å². The summed E-state index contributed by atoms with van der Waals surface area (Å²) in [6.07, 6.45) is 0. The molecule has 0 spiro atoms. The van der Waals surface area contributed by atoms with Gasteiger partial charge in [0, 0.05) is 13.0 Å². The molecule has 2 amide bonds. The topological polar surface area (TPSA) is 121 Å². The summed E-state index contributed by atoms with van der Waals surface area (Å²) < 4.78 is 21.4. The Kier molecular flexibility index (Phi) is 3.99. The highest BCUT2D eigenvalue weighted by Crippen LogP contribution is 2.34. The summed E-state index contributed by atoms with van der Waals surface area (Å²) in [5.41, 5.74) is -0.451. The number of benzene rings is 1. The van der Waals surface area contributed by atoms with Gasteiger partial charge in [0.1, 0.15) is 15.1 Å². The smallest absolute Gasteiger partial charge is 0.345 e. The van der Waals surface area contributed by atoms with Crippen LogP contribution >= 0.6 is 19.8 Å². The lowest BCUT2D eigenvalue weighted by molar-refractivity contribution is -0.118. The Morgan fingerprint density at radius 2 is 1.82 bits per heavy atom. The van der Waals surface area contributed by atoms with Gasteiger partial charge in [-0.2, -0.15) is 0 Å². The fourth-order valence-corrected chi connectivity index (χ4v) is 2.63. The lowest BCUT2D eigenvalue weighted by Gasteiger charge is -2.05. The van der Waals surface area contributed by atoms with Gasteiger partial charge in [0.25, 0.3) is 5.91 Å². The maximum atomic E-state index is 11.5. The Morgan fingerprint density at radius 1 is 1.24 bits per heavy atom. The predicted molar refractivity (Wildman–Crippen MR) is 62.0 cm³/mol. The average molecular weight is 353 g/mol. The van der Waals surface area contributed by atoms with Crippen LogP contribution in [0.1, 0.15) is 17.3 Å². The van der Waals surface area contributed by atoms with Crippen LogP contribution in [0.4, 0.5) is 0 Å². The number of aromatic hydroxyl groups is 2. The highest BCUT2D eigenvalue weighted by atomic mass is 127. The molecular weight excluding hydrogens is 345 g/mol. The molecule has 8 heteroatoms. The molecule has 17 heavy (non-hydrogen) atoms. The number of carbonyl (C=O) groups excluding carboxylic acids is 2. The van der Waals surface area contributed by atoms with Gasteiger partial charge in [-0.05, 0) is 6.07 Å². The molecule has 0 aromatic heterocycles. The Balaban J connectivity index is 3.40. The Labute approximate surface area is 103 Å². The molecule has 1 aromatic carbocycles. The van der Waals surface area contributed by atoms with Gasteiger partial charge in [-0.3, -0.25) is 14.9 Å². The van der Waals surface area contributed by atoms with E-state index in [4.69, 9.17) is 0 Å². The van der Waals surface area contributed by atoms with E-state index in [2.05, 4.69) is 0 Å². The first-order chi connectivity index (χ1) is 7.82. The van der Waals surface area contributed by atoms with Gasteiger partial charge in [-0.15, -0.1) is 0 Å². The van der Waals surface area contributed by atoms with E-state index in [0.717, 1.165) is 19.1 Å². The van der Waals surface area contributed by atoms with Gasteiger partial charge in [0.05, 0.1) is 5.56 Å².